The Balaban J connectivity index is 1.64. The number of nitrogens with one attached hydrogen (secondary N) is 1. The van der Waals surface area contributed by atoms with Gasteiger partial charge in [0, 0.05) is 6.54 Å². The lowest BCUT2D eigenvalue weighted by molar-refractivity contribution is 0.0924. The number of hydrogen-bond donors (Lipinski definition) is 1. The van der Waals surface area contributed by atoms with E-state index in [1.165, 1.54) is 11.8 Å². The van der Waals surface area contributed by atoms with E-state index in [0.717, 1.165) is 28.8 Å². The van der Waals surface area contributed by atoms with Crippen molar-refractivity contribution in [2.75, 3.05) is 6.54 Å². The molecule has 1 aromatic carbocycles. The zero-order valence-corrected chi connectivity index (χ0v) is 13.9. The SMILES string of the molecule is CCCNC(=O)c1ccc(CSc2nc3c(C)cccc3o2)o1. The highest BCUT2D eigenvalue weighted by atomic mass is 32.2. The molecule has 0 atom stereocenters. The molecular weight excluding hydrogens is 312 g/mol. The average Bonchev–Trinajstić information content (AvgIpc) is 3.18. The van der Waals surface area contributed by atoms with E-state index < -0.39 is 0 Å². The van der Waals surface area contributed by atoms with Gasteiger partial charge in [-0.3, -0.25) is 4.79 Å². The largest absolute Gasteiger partial charge is 0.455 e. The van der Waals surface area contributed by atoms with Crippen molar-refractivity contribution in [1.29, 1.82) is 0 Å². The minimum absolute atomic E-state index is 0.180. The van der Waals surface area contributed by atoms with E-state index in [0.29, 0.717) is 23.3 Å². The van der Waals surface area contributed by atoms with E-state index >= 15 is 0 Å². The number of oxazole rings is 1. The molecule has 0 aliphatic rings. The molecule has 0 radical (unpaired) electrons. The standard InChI is InChI=1S/C17H18N2O3S/c1-3-9-18-16(20)14-8-7-12(21-14)10-23-17-19-15-11(2)5-4-6-13(15)22-17/h4-8H,3,9-10H2,1-2H3,(H,18,20). The summed E-state index contributed by atoms with van der Waals surface area (Å²) in [6.45, 7) is 4.66. The molecule has 5 nitrogen and oxygen atoms in total. The quantitative estimate of drug-likeness (QED) is 0.687. The lowest BCUT2D eigenvalue weighted by atomic mass is 10.2. The number of para-hydroxylation sites is 1. The first-order valence-corrected chi connectivity index (χ1v) is 8.52. The van der Waals surface area contributed by atoms with Crippen molar-refractivity contribution in [2.24, 2.45) is 0 Å². The first kappa shape index (κ1) is 15.7. The summed E-state index contributed by atoms with van der Waals surface area (Å²) < 4.78 is 11.3. The lowest BCUT2D eigenvalue weighted by Gasteiger charge is -1.99. The predicted octanol–water partition coefficient (Wildman–Crippen LogP) is 4.16. The summed E-state index contributed by atoms with van der Waals surface area (Å²) in [4.78, 5) is 16.3. The topological polar surface area (TPSA) is 68.3 Å². The van der Waals surface area contributed by atoms with Gasteiger partial charge < -0.3 is 14.2 Å². The van der Waals surface area contributed by atoms with Gasteiger partial charge in [-0.2, -0.15) is 0 Å². The number of amides is 1. The van der Waals surface area contributed by atoms with Crippen LogP contribution in [0.15, 0.2) is 44.4 Å². The number of benzene rings is 1. The first-order valence-electron chi connectivity index (χ1n) is 7.53. The fourth-order valence-corrected chi connectivity index (χ4v) is 2.89. The van der Waals surface area contributed by atoms with Gasteiger partial charge in [-0.05, 0) is 37.1 Å². The molecule has 1 N–H and O–H groups in total. The van der Waals surface area contributed by atoms with Gasteiger partial charge in [-0.1, -0.05) is 30.8 Å². The third-order valence-electron chi connectivity index (χ3n) is 3.36. The Kier molecular flexibility index (Phi) is 4.71. The van der Waals surface area contributed by atoms with Crippen molar-refractivity contribution < 1.29 is 13.6 Å². The molecule has 23 heavy (non-hydrogen) atoms. The van der Waals surface area contributed by atoms with Gasteiger partial charge in [0.05, 0.1) is 5.75 Å². The molecule has 2 heterocycles. The molecule has 0 saturated heterocycles. The molecule has 2 aromatic heterocycles. The van der Waals surface area contributed by atoms with Gasteiger partial charge >= 0.3 is 0 Å². The summed E-state index contributed by atoms with van der Waals surface area (Å²) in [5.74, 6) is 1.44. The number of aryl methyl sites for hydroxylation is 1. The summed E-state index contributed by atoms with van der Waals surface area (Å²) in [5.41, 5.74) is 2.76. The van der Waals surface area contributed by atoms with Crippen LogP contribution in [0.4, 0.5) is 0 Å². The van der Waals surface area contributed by atoms with Crippen LogP contribution < -0.4 is 5.32 Å². The van der Waals surface area contributed by atoms with Crippen LogP contribution in [0.5, 0.6) is 0 Å². The molecule has 3 rings (SSSR count). The number of rotatable bonds is 6. The van der Waals surface area contributed by atoms with Crippen LogP contribution in [0.25, 0.3) is 11.1 Å². The predicted molar refractivity (Wildman–Crippen MR) is 89.6 cm³/mol. The smallest absolute Gasteiger partial charge is 0.286 e. The number of carbonyl (C=O) groups excluding carboxylic acids is 1. The summed E-state index contributed by atoms with van der Waals surface area (Å²) in [5, 5.41) is 3.39. The Morgan fingerprint density at radius 1 is 1.26 bits per heavy atom. The summed E-state index contributed by atoms with van der Waals surface area (Å²) in [6.07, 6.45) is 0.895. The molecule has 6 heteroatoms. The second-order valence-corrected chi connectivity index (χ2v) is 6.14. The van der Waals surface area contributed by atoms with E-state index in [1.807, 2.05) is 38.1 Å². The number of nitrogens with zero attached hydrogens (tertiary/aromatic N) is 1. The van der Waals surface area contributed by atoms with Crippen molar-refractivity contribution in [2.45, 2.75) is 31.2 Å². The minimum atomic E-state index is -0.180. The highest BCUT2D eigenvalue weighted by Crippen LogP contribution is 2.28. The third kappa shape index (κ3) is 3.59. The highest BCUT2D eigenvalue weighted by molar-refractivity contribution is 7.98. The van der Waals surface area contributed by atoms with Gasteiger partial charge in [0.25, 0.3) is 11.1 Å². The maximum atomic E-state index is 11.8. The zero-order chi connectivity index (χ0) is 16.2. The fraction of sp³-hybridized carbons (Fsp3) is 0.294. The van der Waals surface area contributed by atoms with Crippen LogP contribution in [-0.4, -0.2) is 17.4 Å². The maximum Gasteiger partial charge on any atom is 0.286 e. The Morgan fingerprint density at radius 3 is 2.91 bits per heavy atom. The lowest BCUT2D eigenvalue weighted by Crippen LogP contribution is -2.23. The molecule has 1 amide bonds. The highest BCUT2D eigenvalue weighted by Gasteiger charge is 2.12. The summed E-state index contributed by atoms with van der Waals surface area (Å²) in [6, 6.07) is 9.36. The van der Waals surface area contributed by atoms with Gasteiger partial charge in [-0.15, -0.1) is 0 Å². The second kappa shape index (κ2) is 6.91. The molecule has 0 spiro atoms. The number of furan rings is 1. The number of hydrogen-bond acceptors (Lipinski definition) is 5. The van der Waals surface area contributed by atoms with Crippen LogP contribution >= 0.6 is 11.8 Å². The Labute approximate surface area is 138 Å². The van der Waals surface area contributed by atoms with Crippen molar-refractivity contribution in [3.8, 4) is 0 Å². The molecule has 0 bridgehead atoms. The van der Waals surface area contributed by atoms with Gasteiger partial charge in [0.1, 0.15) is 11.3 Å². The van der Waals surface area contributed by atoms with E-state index in [1.54, 1.807) is 6.07 Å². The van der Waals surface area contributed by atoms with Crippen molar-refractivity contribution in [3.63, 3.8) is 0 Å². The normalized spacial score (nSPS) is 11.0. The molecule has 0 unspecified atom stereocenters. The number of aromatic nitrogens is 1. The van der Waals surface area contributed by atoms with E-state index in [4.69, 9.17) is 8.83 Å². The fourth-order valence-electron chi connectivity index (χ4n) is 2.16. The molecular formula is C17H18N2O3S. The molecule has 3 aromatic rings. The molecule has 0 saturated carbocycles. The number of fused-ring (bicyclic) bond motifs is 1. The van der Waals surface area contributed by atoms with Crippen molar-refractivity contribution in [1.82, 2.24) is 10.3 Å². The van der Waals surface area contributed by atoms with Crippen molar-refractivity contribution in [3.05, 3.63) is 47.4 Å². The Morgan fingerprint density at radius 2 is 2.13 bits per heavy atom. The van der Waals surface area contributed by atoms with Crippen LogP contribution in [0.1, 0.15) is 35.2 Å². The van der Waals surface area contributed by atoms with Gasteiger partial charge in [0.2, 0.25) is 0 Å². The Bertz CT molecular complexity index is 822. The number of thioether (sulfide) groups is 1. The second-order valence-electron chi connectivity index (χ2n) is 5.21. The molecule has 120 valence electrons. The Hall–Kier alpha value is -2.21. The molecule has 0 fully saturated rings. The van der Waals surface area contributed by atoms with Crippen LogP contribution in [0.2, 0.25) is 0 Å². The third-order valence-corrected chi connectivity index (χ3v) is 4.21. The van der Waals surface area contributed by atoms with Gasteiger partial charge in [-0.25, -0.2) is 4.98 Å². The molecule has 0 aliphatic heterocycles. The molecule has 0 aliphatic carbocycles. The van der Waals surface area contributed by atoms with E-state index in [9.17, 15) is 4.79 Å². The number of carbonyl (C=O) groups is 1. The van der Waals surface area contributed by atoms with Gasteiger partial charge in [0.15, 0.2) is 11.3 Å². The van der Waals surface area contributed by atoms with Crippen LogP contribution in [0, 0.1) is 6.92 Å². The summed E-state index contributed by atoms with van der Waals surface area (Å²) >= 11 is 1.45. The summed E-state index contributed by atoms with van der Waals surface area (Å²) in [7, 11) is 0. The first-order chi connectivity index (χ1) is 11.2. The van der Waals surface area contributed by atoms with E-state index in [-0.39, 0.29) is 5.91 Å². The van der Waals surface area contributed by atoms with E-state index in [2.05, 4.69) is 10.3 Å². The van der Waals surface area contributed by atoms with Crippen LogP contribution in [-0.2, 0) is 5.75 Å². The van der Waals surface area contributed by atoms with Crippen molar-refractivity contribution >= 4 is 28.8 Å². The zero-order valence-electron chi connectivity index (χ0n) is 13.1. The monoisotopic (exact) mass is 330 g/mol. The maximum absolute atomic E-state index is 11.8. The average molecular weight is 330 g/mol. The van der Waals surface area contributed by atoms with Crippen LogP contribution in [0.3, 0.4) is 0 Å². The minimum Gasteiger partial charge on any atom is -0.455 e.